The van der Waals surface area contributed by atoms with Gasteiger partial charge in [0.15, 0.2) is 0 Å². The Bertz CT molecular complexity index is 356. The third-order valence-electron chi connectivity index (χ3n) is 3.22. The van der Waals surface area contributed by atoms with Crippen LogP contribution in [-0.4, -0.2) is 29.9 Å². The predicted octanol–water partition coefficient (Wildman–Crippen LogP) is 2.09. The minimum atomic E-state index is 0.178. The molecule has 1 aromatic heterocycles. The lowest BCUT2D eigenvalue weighted by Gasteiger charge is -2.28. The molecular weight excluding hydrogens is 232 g/mol. The first kappa shape index (κ1) is 12.6. The molecule has 1 atom stereocenters. The molecule has 1 aromatic rings. The van der Waals surface area contributed by atoms with Crippen LogP contribution in [0.4, 0.5) is 0 Å². The van der Waals surface area contributed by atoms with Gasteiger partial charge >= 0.3 is 0 Å². The second-order valence-electron chi connectivity index (χ2n) is 4.83. The van der Waals surface area contributed by atoms with E-state index in [4.69, 9.17) is 0 Å². The summed E-state index contributed by atoms with van der Waals surface area (Å²) in [7, 11) is 0. The van der Waals surface area contributed by atoms with E-state index in [1.54, 1.807) is 11.3 Å². The lowest BCUT2D eigenvalue weighted by atomic mass is 10.1. The summed E-state index contributed by atoms with van der Waals surface area (Å²) >= 11 is 1.72. The maximum atomic E-state index is 12.4. The SMILES string of the molecule is CC(C)N(Cc1cccs1)C(=O)C1CCNC1. The summed E-state index contributed by atoms with van der Waals surface area (Å²) < 4.78 is 0. The maximum absolute atomic E-state index is 12.4. The van der Waals surface area contributed by atoms with Crippen LogP contribution >= 0.6 is 11.3 Å². The van der Waals surface area contributed by atoms with Crippen molar-refractivity contribution in [3.8, 4) is 0 Å². The third kappa shape index (κ3) is 3.07. The summed E-state index contributed by atoms with van der Waals surface area (Å²) in [6, 6.07) is 4.41. The second kappa shape index (κ2) is 5.65. The highest BCUT2D eigenvalue weighted by Crippen LogP contribution is 2.19. The van der Waals surface area contributed by atoms with Crippen molar-refractivity contribution >= 4 is 17.2 Å². The number of nitrogens with zero attached hydrogens (tertiary/aromatic N) is 1. The molecule has 2 heterocycles. The molecule has 0 radical (unpaired) electrons. The molecule has 1 aliphatic rings. The first-order valence-electron chi connectivity index (χ1n) is 6.22. The molecule has 0 aromatic carbocycles. The van der Waals surface area contributed by atoms with Crippen molar-refractivity contribution in [2.24, 2.45) is 5.92 Å². The van der Waals surface area contributed by atoms with Gasteiger partial charge in [-0.15, -0.1) is 11.3 Å². The van der Waals surface area contributed by atoms with Gasteiger partial charge in [-0.25, -0.2) is 0 Å². The smallest absolute Gasteiger partial charge is 0.227 e. The van der Waals surface area contributed by atoms with Gasteiger partial charge in [0.05, 0.1) is 12.5 Å². The van der Waals surface area contributed by atoms with E-state index >= 15 is 0 Å². The van der Waals surface area contributed by atoms with Crippen LogP contribution in [0.2, 0.25) is 0 Å². The molecule has 0 bridgehead atoms. The monoisotopic (exact) mass is 252 g/mol. The van der Waals surface area contributed by atoms with Gasteiger partial charge in [-0.3, -0.25) is 4.79 Å². The molecule has 17 heavy (non-hydrogen) atoms. The van der Waals surface area contributed by atoms with E-state index in [9.17, 15) is 4.79 Å². The minimum Gasteiger partial charge on any atom is -0.335 e. The van der Waals surface area contributed by atoms with E-state index in [2.05, 4.69) is 30.6 Å². The molecule has 94 valence electrons. The number of nitrogens with one attached hydrogen (secondary N) is 1. The average molecular weight is 252 g/mol. The number of hydrogen-bond acceptors (Lipinski definition) is 3. The number of carbonyl (C=O) groups excluding carboxylic acids is 1. The van der Waals surface area contributed by atoms with Gasteiger partial charge in [0.25, 0.3) is 0 Å². The van der Waals surface area contributed by atoms with Crippen molar-refractivity contribution in [1.29, 1.82) is 0 Å². The summed E-state index contributed by atoms with van der Waals surface area (Å²) in [5, 5.41) is 5.33. The zero-order chi connectivity index (χ0) is 12.3. The molecule has 0 aliphatic carbocycles. The Labute approximate surface area is 107 Å². The maximum Gasteiger partial charge on any atom is 0.227 e. The zero-order valence-electron chi connectivity index (χ0n) is 10.5. The lowest BCUT2D eigenvalue weighted by Crippen LogP contribution is -2.40. The summed E-state index contributed by atoms with van der Waals surface area (Å²) in [4.78, 5) is 15.7. The molecule has 3 nitrogen and oxygen atoms in total. The molecule has 0 spiro atoms. The van der Waals surface area contributed by atoms with Gasteiger partial charge in [-0.1, -0.05) is 6.07 Å². The molecule has 2 rings (SSSR count). The van der Waals surface area contributed by atoms with Crippen molar-refractivity contribution in [1.82, 2.24) is 10.2 Å². The first-order chi connectivity index (χ1) is 8.18. The number of hydrogen-bond donors (Lipinski definition) is 1. The van der Waals surface area contributed by atoms with Crippen LogP contribution in [0.15, 0.2) is 17.5 Å². The van der Waals surface area contributed by atoms with Gasteiger partial charge < -0.3 is 10.2 Å². The number of amides is 1. The molecule has 1 aliphatic heterocycles. The quantitative estimate of drug-likeness (QED) is 0.890. The molecule has 1 amide bonds. The topological polar surface area (TPSA) is 32.3 Å². The second-order valence-corrected chi connectivity index (χ2v) is 5.86. The highest BCUT2D eigenvalue weighted by atomic mass is 32.1. The van der Waals surface area contributed by atoms with E-state index in [1.165, 1.54) is 4.88 Å². The van der Waals surface area contributed by atoms with Crippen LogP contribution in [0.25, 0.3) is 0 Å². The van der Waals surface area contributed by atoms with Gasteiger partial charge in [0.2, 0.25) is 5.91 Å². The van der Waals surface area contributed by atoms with E-state index < -0.39 is 0 Å². The average Bonchev–Trinajstić information content (AvgIpc) is 2.97. The van der Waals surface area contributed by atoms with E-state index in [-0.39, 0.29) is 12.0 Å². The van der Waals surface area contributed by atoms with Gasteiger partial charge in [0, 0.05) is 17.5 Å². The number of carbonyl (C=O) groups is 1. The van der Waals surface area contributed by atoms with Crippen molar-refractivity contribution in [3.05, 3.63) is 22.4 Å². The van der Waals surface area contributed by atoms with E-state index in [0.717, 1.165) is 26.1 Å². The lowest BCUT2D eigenvalue weighted by molar-refractivity contribution is -0.137. The van der Waals surface area contributed by atoms with Crippen LogP contribution in [-0.2, 0) is 11.3 Å². The number of thiophene rings is 1. The molecule has 1 N–H and O–H groups in total. The van der Waals surface area contributed by atoms with Crippen LogP contribution in [0.3, 0.4) is 0 Å². The minimum absolute atomic E-state index is 0.178. The zero-order valence-corrected chi connectivity index (χ0v) is 11.3. The Morgan fingerprint density at radius 1 is 1.65 bits per heavy atom. The van der Waals surface area contributed by atoms with Crippen LogP contribution in [0, 0.1) is 5.92 Å². The Balaban J connectivity index is 2.03. The van der Waals surface area contributed by atoms with Crippen molar-refractivity contribution in [3.63, 3.8) is 0 Å². The summed E-state index contributed by atoms with van der Waals surface area (Å²) in [6.07, 6.45) is 0.979. The number of rotatable bonds is 4. The molecule has 1 saturated heterocycles. The van der Waals surface area contributed by atoms with E-state index in [0.29, 0.717) is 5.91 Å². The third-order valence-corrected chi connectivity index (χ3v) is 4.08. The predicted molar refractivity (Wildman–Crippen MR) is 71.0 cm³/mol. The summed E-state index contributed by atoms with van der Waals surface area (Å²) in [6.45, 7) is 6.75. The fraction of sp³-hybridized carbons (Fsp3) is 0.615. The Kier molecular flexibility index (Phi) is 4.18. The Hall–Kier alpha value is -0.870. The fourth-order valence-electron chi connectivity index (χ4n) is 2.19. The van der Waals surface area contributed by atoms with Gasteiger partial charge in [0.1, 0.15) is 0 Å². The summed E-state index contributed by atoms with van der Waals surface area (Å²) in [5.41, 5.74) is 0. The molecular formula is C13H20N2OS. The molecule has 4 heteroatoms. The van der Waals surface area contributed by atoms with Crippen LogP contribution in [0.1, 0.15) is 25.1 Å². The van der Waals surface area contributed by atoms with Gasteiger partial charge in [-0.2, -0.15) is 0 Å². The van der Waals surface area contributed by atoms with Gasteiger partial charge in [-0.05, 0) is 38.3 Å². The molecule has 1 fully saturated rings. The highest BCUT2D eigenvalue weighted by molar-refractivity contribution is 7.09. The summed E-state index contributed by atoms with van der Waals surface area (Å²) in [5.74, 6) is 0.482. The highest BCUT2D eigenvalue weighted by Gasteiger charge is 2.28. The Morgan fingerprint density at radius 2 is 2.47 bits per heavy atom. The first-order valence-corrected chi connectivity index (χ1v) is 7.10. The largest absolute Gasteiger partial charge is 0.335 e. The standard InChI is InChI=1S/C13H20N2OS/c1-10(2)15(9-12-4-3-7-17-12)13(16)11-5-6-14-8-11/h3-4,7,10-11,14H,5-6,8-9H2,1-2H3. The van der Waals surface area contributed by atoms with Crippen molar-refractivity contribution < 1.29 is 4.79 Å². The molecule has 0 saturated carbocycles. The van der Waals surface area contributed by atoms with Crippen molar-refractivity contribution in [2.75, 3.05) is 13.1 Å². The van der Waals surface area contributed by atoms with Crippen molar-refractivity contribution in [2.45, 2.75) is 32.9 Å². The van der Waals surface area contributed by atoms with Crippen LogP contribution < -0.4 is 5.32 Å². The molecule has 1 unspecified atom stereocenters. The Morgan fingerprint density at radius 3 is 3.00 bits per heavy atom. The normalized spacial score (nSPS) is 19.8. The van der Waals surface area contributed by atoms with Crippen LogP contribution in [0.5, 0.6) is 0 Å². The fourth-order valence-corrected chi connectivity index (χ4v) is 2.89. The van der Waals surface area contributed by atoms with E-state index in [1.807, 2.05) is 11.0 Å².